The molecular formula is C11H17BrN4O. The highest BCUT2D eigenvalue weighted by molar-refractivity contribution is 9.10. The van der Waals surface area contributed by atoms with E-state index in [1.54, 1.807) is 0 Å². The maximum absolute atomic E-state index is 11.5. The summed E-state index contributed by atoms with van der Waals surface area (Å²) < 4.78 is 0.505. The molecule has 0 radical (unpaired) electrons. The van der Waals surface area contributed by atoms with E-state index in [2.05, 4.69) is 37.7 Å². The van der Waals surface area contributed by atoms with Gasteiger partial charge in [-0.3, -0.25) is 4.79 Å². The van der Waals surface area contributed by atoms with E-state index in [-0.39, 0.29) is 5.56 Å². The van der Waals surface area contributed by atoms with Crippen molar-refractivity contribution in [1.82, 2.24) is 9.97 Å². The van der Waals surface area contributed by atoms with Crippen LogP contribution in [-0.4, -0.2) is 29.6 Å². The van der Waals surface area contributed by atoms with Crippen LogP contribution in [0.3, 0.4) is 0 Å². The second-order valence-electron chi connectivity index (χ2n) is 4.58. The minimum Gasteiger partial charge on any atom is -0.355 e. The molecule has 1 fully saturated rings. The van der Waals surface area contributed by atoms with Crippen LogP contribution < -0.4 is 16.2 Å². The molecule has 2 atom stereocenters. The quantitative estimate of drug-likeness (QED) is 0.853. The Morgan fingerprint density at radius 3 is 3.18 bits per heavy atom. The van der Waals surface area contributed by atoms with Gasteiger partial charge < -0.3 is 15.6 Å². The number of aromatic nitrogens is 2. The van der Waals surface area contributed by atoms with E-state index in [1.165, 1.54) is 6.33 Å². The zero-order valence-electron chi connectivity index (χ0n) is 9.82. The van der Waals surface area contributed by atoms with E-state index in [0.717, 1.165) is 25.3 Å². The third kappa shape index (κ3) is 2.52. The molecule has 0 spiro atoms. The summed E-state index contributed by atoms with van der Waals surface area (Å²) in [6, 6.07) is 0. The maximum Gasteiger partial charge on any atom is 0.267 e. The van der Waals surface area contributed by atoms with Crippen molar-refractivity contribution in [1.29, 1.82) is 0 Å². The van der Waals surface area contributed by atoms with Crippen LogP contribution in [0.5, 0.6) is 0 Å². The van der Waals surface area contributed by atoms with Crippen LogP contribution >= 0.6 is 15.9 Å². The summed E-state index contributed by atoms with van der Waals surface area (Å²) in [5.74, 6) is 1.83. The Balaban J connectivity index is 2.23. The number of H-pyrrole nitrogens is 1. The number of piperidine rings is 1. The molecule has 2 unspecified atom stereocenters. The van der Waals surface area contributed by atoms with Crippen LogP contribution in [0.1, 0.15) is 13.3 Å². The fraction of sp³-hybridized carbons (Fsp3) is 0.636. The van der Waals surface area contributed by atoms with Crippen molar-refractivity contribution in [3.8, 4) is 0 Å². The second-order valence-corrected chi connectivity index (χ2v) is 5.37. The summed E-state index contributed by atoms with van der Waals surface area (Å²) >= 11 is 3.29. The molecule has 1 aromatic rings. The van der Waals surface area contributed by atoms with Gasteiger partial charge in [0, 0.05) is 13.1 Å². The molecule has 5 nitrogen and oxygen atoms in total. The molecule has 0 aliphatic carbocycles. The molecule has 0 aromatic carbocycles. The molecule has 2 rings (SSSR count). The first-order chi connectivity index (χ1) is 8.13. The predicted molar refractivity (Wildman–Crippen MR) is 71.1 cm³/mol. The standard InChI is InChI=1S/C11H17BrN4O/c1-7-2-3-16(5-8(7)4-13)10-9(12)11(17)15-6-14-10/h6-8H,2-5,13H2,1H3,(H,14,15,17). The fourth-order valence-corrected chi connectivity index (χ4v) is 2.71. The molecule has 1 saturated heterocycles. The van der Waals surface area contributed by atoms with Crippen LogP contribution in [-0.2, 0) is 0 Å². The van der Waals surface area contributed by atoms with E-state index in [9.17, 15) is 4.79 Å². The molecule has 1 aliphatic heterocycles. The van der Waals surface area contributed by atoms with Gasteiger partial charge in [0.25, 0.3) is 5.56 Å². The molecule has 1 aromatic heterocycles. The Morgan fingerprint density at radius 2 is 2.47 bits per heavy atom. The van der Waals surface area contributed by atoms with Gasteiger partial charge >= 0.3 is 0 Å². The highest BCUT2D eigenvalue weighted by atomic mass is 79.9. The summed E-state index contributed by atoms with van der Waals surface area (Å²) in [4.78, 5) is 20.4. The Labute approximate surface area is 109 Å². The van der Waals surface area contributed by atoms with E-state index >= 15 is 0 Å². The topological polar surface area (TPSA) is 75.0 Å². The number of anilines is 1. The largest absolute Gasteiger partial charge is 0.355 e. The average molecular weight is 301 g/mol. The van der Waals surface area contributed by atoms with Gasteiger partial charge in [-0.25, -0.2) is 4.98 Å². The van der Waals surface area contributed by atoms with E-state index in [0.29, 0.717) is 22.9 Å². The molecule has 0 saturated carbocycles. The Kier molecular flexibility index (Phi) is 3.83. The zero-order valence-corrected chi connectivity index (χ0v) is 11.4. The monoisotopic (exact) mass is 300 g/mol. The predicted octanol–water partition coefficient (Wildman–Crippen LogP) is 0.954. The SMILES string of the molecule is CC1CCN(c2nc[nH]c(=O)c2Br)CC1CN. The third-order valence-corrected chi connectivity index (χ3v) is 4.21. The Hall–Kier alpha value is -0.880. The van der Waals surface area contributed by atoms with Gasteiger partial charge in [-0.05, 0) is 40.7 Å². The second kappa shape index (κ2) is 5.18. The maximum atomic E-state index is 11.5. The third-order valence-electron chi connectivity index (χ3n) is 3.49. The summed E-state index contributed by atoms with van der Waals surface area (Å²) in [5, 5.41) is 0. The van der Waals surface area contributed by atoms with Crippen LogP contribution in [0.4, 0.5) is 5.82 Å². The van der Waals surface area contributed by atoms with Crippen molar-refractivity contribution >= 4 is 21.7 Å². The Morgan fingerprint density at radius 1 is 1.71 bits per heavy atom. The number of hydrogen-bond acceptors (Lipinski definition) is 4. The molecule has 3 N–H and O–H groups in total. The first kappa shape index (κ1) is 12.6. The van der Waals surface area contributed by atoms with Crippen LogP contribution in [0.25, 0.3) is 0 Å². The number of nitrogens with one attached hydrogen (secondary N) is 1. The molecular weight excluding hydrogens is 284 g/mol. The number of aromatic amines is 1. The van der Waals surface area contributed by atoms with E-state index in [1.807, 2.05) is 0 Å². The van der Waals surface area contributed by atoms with Crippen molar-refractivity contribution in [2.24, 2.45) is 17.6 Å². The molecule has 1 aliphatic rings. The van der Waals surface area contributed by atoms with Gasteiger partial charge in [0.15, 0.2) is 0 Å². The van der Waals surface area contributed by atoms with Crippen LogP contribution in [0.15, 0.2) is 15.6 Å². The molecule has 0 amide bonds. The highest BCUT2D eigenvalue weighted by Gasteiger charge is 2.27. The van der Waals surface area contributed by atoms with Crippen molar-refractivity contribution in [3.05, 3.63) is 21.2 Å². The fourth-order valence-electron chi connectivity index (χ4n) is 2.24. The van der Waals surface area contributed by atoms with Crippen molar-refractivity contribution in [3.63, 3.8) is 0 Å². The van der Waals surface area contributed by atoms with E-state index < -0.39 is 0 Å². The van der Waals surface area contributed by atoms with Gasteiger partial charge in [0.1, 0.15) is 10.3 Å². The average Bonchev–Trinajstić information content (AvgIpc) is 2.34. The summed E-state index contributed by atoms with van der Waals surface area (Å²) in [7, 11) is 0. The molecule has 2 heterocycles. The summed E-state index contributed by atoms with van der Waals surface area (Å²) in [6.45, 7) is 4.70. The molecule has 0 bridgehead atoms. The van der Waals surface area contributed by atoms with Gasteiger partial charge in [0.2, 0.25) is 0 Å². The normalized spacial score (nSPS) is 25.0. The van der Waals surface area contributed by atoms with Gasteiger partial charge in [-0.1, -0.05) is 6.92 Å². The lowest BCUT2D eigenvalue weighted by Gasteiger charge is -2.37. The van der Waals surface area contributed by atoms with Crippen molar-refractivity contribution < 1.29 is 0 Å². The van der Waals surface area contributed by atoms with Gasteiger partial charge in [0.05, 0.1) is 6.33 Å². The van der Waals surface area contributed by atoms with Gasteiger partial charge in [-0.15, -0.1) is 0 Å². The number of halogens is 1. The lowest BCUT2D eigenvalue weighted by atomic mass is 9.87. The minimum atomic E-state index is -0.141. The number of hydrogen-bond donors (Lipinski definition) is 2. The lowest BCUT2D eigenvalue weighted by molar-refractivity contribution is 0.306. The van der Waals surface area contributed by atoms with Crippen LogP contribution in [0, 0.1) is 11.8 Å². The number of rotatable bonds is 2. The van der Waals surface area contributed by atoms with Crippen molar-refractivity contribution in [2.75, 3.05) is 24.5 Å². The Bertz CT molecular complexity index is 447. The van der Waals surface area contributed by atoms with E-state index in [4.69, 9.17) is 5.73 Å². The van der Waals surface area contributed by atoms with Gasteiger partial charge in [-0.2, -0.15) is 0 Å². The summed E-state index contributed by atoms with van der Waals surface area (Å²) in [6.07, 6.45) is 2.53. The van der Waals surface area contributed by atoms with Crippen LogP contribution in [0.2, 0.25) is 0 Å². The smallest absolute Gasteiger partial charge is 0.267 e. The first-order valence-corrected chi connectivity index (χ1v) is 6.61. The minimum absolute atomic E-state index is 0.141. The molecule has 17 heavy (non-hydrogen) atoms. The first-order valence-electron chi connectivity index (χ1n) is 5.81. The summed E-state index contributed by atoms with van der Waals surface area (Å²) in [5.41, 5.74) is 5.63. The molecule has 94 valence electrons. The zero-order chi connectivity index (χ0) is 12.4. The highest BCUT2D eigenvalue weighted by Crippen LogP contribution is 2.28. The number of nitrogens with zero attached hydrogens (tertiary/aromatic N) is 2. The molecule has 6 heteroatoms. The van der Waals surface area contributed by atoms with Crippen molar-refractivity contribution in [2.45, 2.75) is 13.3 Å². The lowest BCUT2D eigenvalue weighted by Crippen LogP contribution is -2.43. The number of nitrogens with two attached hydrogens (primary N) is 1.